The summed E-state index contributed by atoms with van der Waals surface area (Å²) in [6.45, 7) is 9.13. The number of ether oxygens (including phenoxy) is 1. The van der Waals surface area contributed by atoms with E-state index in [1.807, 2.05) is 59.5 Å². The number of nitrogens with zero attached hydrogens (tertiary/aromatic N) is 4. The second-order valence-corrected chi connectivity index (χ2v) is 12.3. The molecule has 0 aliphatic heterocycles. The Hall–Kier alpha value is -1.85. The molecule has 0 atom stereocenters. The topological polar surface area (TPSA) is 40.5 Å². The predicted molar refractivity (Wildman–Crippen MR) is 132 cm³/mol. The van der Waals surface area contributed by atoms with Crippen molar-refractivity contribution in [2.75, 3.05) is 42.0 Å². The molecule has 2 aromatic carbocycles. The molecule has 0 saturated carbocycles. The van der Waals surface area contributed by atoms with Crippen molar-refractivity contribution in [2.45, 2.75) is 39.5 Å². The summed E-state index contributed by atoms with van der Waals surface area (Å²) in [5, 5.41) is 0. The van der Waals surface area contributed by atoms with Crippen molar-refractivity contribution in [1.82, 2.24) is 14.0 Å². The molecule has 0 heterocycles. The van der Waals surface area contributed by atoms with E-state index in [1.54, 1.807) is 0 Å². The van der Waals surface area contributed by atoms with E-state index in [0.29, 0.717) is 18.6 Å². The molecular weight excluding hydrogens is 407 g/mol. The molecule has 2 aromatic rings. The summed E-state index contributed by atoms with van der Waals surface area (Å²) in [4.78, 5) is 10.7. The van der Waals surface area contributed by atoms with Gasteiger partial charge in [-0.05, 0) is 82.5 Å². The Labute approximate surface area is 188 Å². The predicted octanol–water partition coefficient (Wildman–Crippen LogP) is 6.26. The Bertz CT molecular complexity index is 850. The summed E-state index contributed by atoms with van der Waals surface area (Å²) in [6.07, 6.45) is 0. The van der Waals surface area contributed by atoms with Crippen LogP contribution in [-0.2, 0) is 0 Å². The Morgan fingerprint density at radius 3 is 1.52 bits per heavy atom. The first-order valence-corrected chi connectivity index (χ1v) is 12.4. The number of hydrogen-bond donors (Lipinski definition) is 0. The molecule has 31 heavy (non-hydrogen) atoms. The van der Waals surface area contributed by atoms with Crippen LogP contribution in [0.5, 0.6) is 11.5 Å². The summed E-state index contributed by atoms with van der Waals surface area (Å²) < 4.78 is 12.4. The Balaban J connectivity index is 2.21. The molecule has 0 aliphatic carbocycles. The van der Waals surface area contributed by atoms with Crippen LogP contribution in [0.15, 0.2) is 53.4 Å². The second kappa shape index (κ2) is 11.1. The third-order valence-electron chi connectivity index (χ3n) is 5.30. The van der Waals surface area contributed by atoms with E-state index in [-0.39, 0.29) is 0 Å². The lowest BCUT2D eigenvalue weighted by molar-refractivity contribution is 0.207. The van der Waals surface area contributed by atoms with Crippen LogP contribution in [0.4, 0.5) is 0 Å². The van der Waals surface area contributed by atoms with E-state index in [2.05, 4.69) is 66.0 Å². The molecule has 6 nitrogen and oxygen atoms in total. The first-order chi connectivity index (χ1) is 14.6. The monoisotopic (exact) mass is 446 g/mol. The van der Waals surface area contributed by atoms with Crippen LogP contribution in [-0.4, -0.2) is 56.0 Å². The van der Waals surface area contributed by atoms with Crippen molar-refractivity contribution in [3.63, 3.8) is 0 Å². The van der Waals surface area contributed by atoms with Crippen molar-refractivity contribution in [3.05, 3.63) is 59.7 Å². The summed E-state index contributed by atoms with van der Waals surface area (Å²) >= 11 is 0. The lowest BCUT2D eigenvalue weighted by atomic mass is 10.0. The highest BCUT2D eigenvalue weighted by molar-refractivity contribution is 7.58. The van der Waals surface area contributed by atoms with Crippen LogP contribution < -0.4 is 9.57 Å². The van der Waals surface area contributed by atoms with Gasteiger partial charge in [0.15, 0.2) is 5.75 Å². The van der Waals surface area contributed by atoms with E-state index in [4.69, 9.17) is 14.5 Å². The zero-order valence-corrected chi connectivity index (χ0v) is 21.4. The van der Waals surface area contributed by atoms with Crippen LogP contribution in [0, 0.1) is 0 Å². The number of benzene rings is 2. The minimum Gasteiger partial charge on any atom is -0.478 e. The lowest BCUT2D eigenvalue weighted by Gasteiger charge is -2.40. The minimum atomic E-state index is -2.31. The van der Waals surface area contributed by atoms with E-state index in [0.717, 1.165) is 11.5 Å². The third kappa shape index (κ3) is 6.33. The molecule has 0 radical (unpaired) electrons. The third-order valence-corrected chi connectivity index (χ3v) is 8.78. The molecule has 0 amide bonds. The minimum absolute atomic E-state index is 0.393. The van der Waals surface area contributed by atoms with Crippen LogP contribution in [0.25, 0.3) is 0 Å². The summed E-state index contributed by atoms with van der Waals surface area (Å²) in [7, 11) is 7.80. The van der Waals surface area contributed by atoms with Crippen LogP contribution in [0.3, 0.4) is 0 Å². The van der Waals surface area contributed by atoms with Gasteiger partial charge >= 0.3 is 0 Å². The maximum absolute atomic E-state index is 6.09. The van der Waals surface area contributed by atoms with Crippen molar-refractivity contribution >= 4 is 7.51 Å². The molecular formula is C24H39N4O2P. The molecule has 7 heteroatoms. The van der Waals surface area contributed by atoms with Gasteiger partial charge in [0.2, 0.25) is 7.51 Å². The lowest BCUT2D eigenvalue weighted by Crippen LogP contribution is -2.35. The zero-order valence-electron chi connectivity index (χ0n) is 20.5. The standard InChI is InChI=1S/C24H39N4O2P/c1-19(2)21-10-14-23(15-11-21)29-18-28(9)31(26(5)6,27(7)8)25-30-24-16-12-22(13-17-24)20(3)4/h10-17,19-20H,18H2,1-9H3. The normalized spacial score (nSPS) is 12.3. The fourth-order valence-corrected chi connectivity index (χ4v) is 6.16. The second-order valence-electron chi connectivity index (χ2n) is 8.78. The van der Waals surface area contributed by atoms with Crippen molar-refractivity contribution in [3.8, 4) is 11.5 Å². The smallest absolute Gasteiger partial charge is 0.213 e. The molecule has 0 fully saturated rings. The fourth-order valence-electron chi connectivity index (χ4n) is 3.39. The molecule has 2 rings (SSSR count). The van der Waals surface area contributed by atoms with Gasteiger partial charge in [-0.15, -0.1) is 0 Å². The average molecular weight is 447 g/mol. The quantitative estimate of drug-likeness (QED) is 0.245. The maximum Gasteiger partial charge on any atom is 0.213 e. The van der Waals surface area contributed by atoms with Gasteiger partial charge in [0, 0.05) is 0 Å². The molecule has 0 N–H and O–H groups in total. The highest BCUT2D eigenvalue weighted by Gasteiger charge is 2.33. The highest BCUT2D eigenvalue weighted by atomic mass is 31.2. The summed E-state index contributed by atoms with van der Waals surface area (Å²) in [5.74, 6) is 2.57. The summed E-state index contributed by atoms with van der Waals surface area (Å²) in [5.41, 5.74) is 2.58. The Morgan fingerprint density at radius 1 is 0.710 bits per heavy atom. The molecule has 0 unspecified atom stereocenters. The van der Waals surface area contributed by atoms with Crippen molar-refractivity contribution < 1.29 is 9.57 Å². The molecule has 0 aromatic heterocycles. The van der Waals surface area contributed by atoms with Gasteiger partial charge < -0.3 is 9.57 Å². The Kier molecular flexibility index (Phi) is 9.14. The maximum atomic E-state index is 6.09. The molecule has 172 valence electrons. The van der Waals surface area contributed by atoms with Gasteiger partial charge in [-0.25, -0.2) is 14.0 Å². The van der Waals surface area contributed by atoms with Gasteiger partial charge in [0.1, 0.15) is 12.5 Å². The average Bonchev–Trinajstić information content (AvgIpc) is 2.72. The summed E-state index contributed by atoms with van der Waals surface area (Å²) in [6, 6.07) is 16.4. The van der Waals surface area contributed by atoms with Crippen molar-refractivity contribution in [2.24, 2.45) is 4.91 Å². The molecule has 0 saturated heterocycles. The zero-order chi connectivity index (χ0) is 23.2. The molecule has 0 aliphatic rings. The molecule has 0 spiro atoms. The Morgan fingerprint density at radius 2 is 1.13 bits per heavy atom. The highest BCUT2D eigenvalue weighted by Crippen LogP contribution is 2.55. The van der Waals surface area contributed by atoms with Gasteiger partial charge in [0.05, 0.1) is 0 Å². The van der Waals surface area contributed by atoms with E-state index in [1.165, 1.54) is 11.1 Å². The van der Waals surface area contributed by atoms with E-state index < -0.39 is 7.51 Å². The van der Waals surface area contributed by atoms with E-state index >= 15 is 0 Å². The van der Waals surface area contributed by atoms with Crippen molar-refractivity contribution in [1.29, 1.82) is 0 Å². The van der Waals surface area contributed by atoms with Crippen LogP contribution >= 0.6 is 7.51 Å². The first kappa shape index (κ1) is 25.4. The number of rotatable bonds is 10. The van der Waals surface area contributed by atoms with Gasteiger partial charge in [0.25, 0.3) is 0 Å². The van der Waals surface area contributed by atoms with Gasteiger partial charge in [-0.3, -0.25) is 0 Å². The first-order valence-electron chi connectivity index (χ1n) is 10.8. The SMILES string of the molecule is CC(C)c1ccc(OCN(C)P(=NOc2ccc(C(C)C)cc2)(N(C)C)N(C)C)cc1. The molecule has 0 bridgehead atoms. The van der Waals surface area contributed by atoms with Gasteiger partial charge in [-0.2, -0.15) is 0 Å². The number of hydrogen-bond acceptors (Lipinski definition) is 3. The largest absolute Gasteiger partial charge is 0.478 e. The van der Waals surface area contributed by atoms with Crippen LogP contribution in [0.1, 0.15) is 50.7 Å². The fraction of sp³-hybridized carbons (Fsp3) is 0.500. The van der Waals surface area contributed by atoms with E-state index in [9.17, 15) is 0 Å². The van der Waals surface area contributed by atoms with Crippen LogP contribution in [0.2, 0.25) is 0 Å². The van der Waals surface area contributed by atoms with Gasteiger partial charge in [-0.1, -0.05) is 56.9 Å².